The van der Waals surface area contributed by atoms with Crippen LogP contribution in [0, 0.1) is 5.92 Å². The van der Waals surface area contributed by atoms with Crippen molar-refractivity contribution in [3.63, 3.8) is 0 Å². The molecule has 0 heterocycles. The summed E-state index contributed by atoms with van der Waals surface area (Å²) in [6, 6.07) is 12.1. The van der Waals surface area contributed by atoms with E-state index in [4.69, 9.17) is 23.2 Å². The highest BCUT2D eigenvalue weighted by atomic mass is 35.5. The molecule has 1 saturated carbocycles. The van der Waals surface area contributed by atoms with Gasteiger partial charge in [-0.05, 0) is 49.1 Å². The minimum absolute atomic E-state index is 0.00321. The maximum Gasteiger partial charge on any atom is 0.256 e. The molecule has 0 aromatic heterocycles. The highest BCUT2D eigenvalue weighted by molar-refractivity contribution is 8.00. The monoisotopic (exact) mass is 450 g/mol. The molecule has 0 unspecified atom stereocenters. The van der Waals surface area contributed by atoms with Gasteiger partial charge >= 0.3 is 0 Å². The highest BCUT2D eigenvalue weighted by Crippen LogP contribution is 2.28. The van der Waals surface area contributed by atoms with Crippen LogP contribution >= 0.6 is 35.0 Å². The molecule has 1 aliphatic rings. The number of carbonyl (C=O) groups excluding carboxylic acids is 2. The summed E-state index contributed by atoms with van der Waals surface area (Å²) < 4.78 is 0. The Bertz CT molecular complexity index is 870. The highest BCUT2D eigenvalue weighted by Gasteiger charge is 2.16. The van der Waals surface area contributed by atoms with Crippen LogP contribution in [0.4, 0.5) is 5.69 Å². The van der Waals surface area contributed by atoms with Crippen LogP contribution in [-0.2, 0) is 4.79 Å². The first-order valence-corrected chi connectivity index (χ1v) is 11.5. The topological polar surface area (TPSA) is 58.2 Å². The average Bonchev–Trinajstić information content (AvgIpc) is 2.73. The zero-order valence-corrected chi connectivity index (χ0v) is 18.4. The number of anilines is 1. The molecular weight excluding hydrogens is 427 g/mol. The number of thioether (sulfide) groups is 1. The molecule has 0 saturated heterocycles. The van der Waals surface area contributed by atoms with Crippen molar-refractivity contribution >= 4 is 52.5 Å². The molecule has 2 amide bonds. The van der Waals surface area contributed by atoms with E-state index in [1.165, 1.54) is 43.9 Å². The van der Waals surface area contributed by atoms with Crippen LogP contribution in [0.3, 0.4) is 0 Å². The van der Waals surface area contributed by atoms with Gasteiger partial charge in [-0.3, -0.25) is 9.59 Å². The Balaban J connectivity index is 1.56. The van der Waals surface area contributed by atoms with Crippen molar-refractivity contribution < 1.29 is 9.59 Å². The van der Waals surface area contributed by atoms with E-state index >= 15 is 0 Å². The van der Waals surface area contributed by atoms with Crippen molar-refractivity contribution in [3.8, 4) is 0 Å². The molecule has 7 heteroatoms. The normalized spacial score (nSPS) is 14.4. The second-order valence-electron chi connectivity index (χ2n) is 7.17. The van der Waals surface area contributed by atoms with E-state index in [0.29, 0.717) is 27.2 Å². The number of halogens is 2. The SMILES string of the molecule is O=C(CSc1ccccc1C(=O)Nc1ccc(Cl)cc1Cl)NCC1CCCCC1. The van der Waals surface area contributed by atoms with E-state index in [-0.39, 0.29) is 17.6 Å². The van der Waals surface area contributed by atoms with Gasteiger partial charge in [-0.15, -0.1) is 11.8 Å². The fourth-order valence-electron chi connectivity index (χ4n) is 3.40. The summed E-state index contributed by atoms with van der Waals surface area (Å²) in [5.41, 5.74) is 0.995. The maximum atomic E-state index is 12.7. The van der Waals surface area contributed by atoms with E-state index in [2.05, 4.69) is 10.6 Å². The molecule has 0 atom stereocenters. The third kappa shape index (κ3) is 6.66. The lowest BCUT2D eigenvalue weighted by Crippen LogP contribution is -2.31. The Hall–Kier alpha value is -1.69. The van der Waals surface area contributed by atoms with Crippen molar-refractivity contribution in [1.29, 1.82) is 0 Å². The second-order valence-corrected chi connectivity index (χ2v) is 9.03. The number of benzene rings is 2. The third-order valence-corrected chi connectivity index (χ3v) is 6.60. The maximum absolute atomic E-state index is 12.7. The molecule has 0 aliphatic heterocycles. The van der Waals surface area contributed by atoms with Crippen molar-refractivity contribution in [2.75, 3.05) is 17.6 Å². The van der Waals surface area contributed by atoms with Crippen LogP contribution in [0.5, 0.6) is 0 Å². The minimum atomic E-state index is -0.278. The van der Waals surface area contributed by atoms with E-state index in [1.54, 1.807) is 30.3 Å². The zero-order chi connectivity index (χ0) is 20.6. The predicted molar refractivity (Wildman–Crippen MR) is 121 cm³/mol. The molecule has 3 rings (SSSR count). The van der Waals surface area contributed by atoms with Gasteiger partial charge in [-0.1, -0.05) is 54.6 Å². The zero-order valence-electron chi connectivity index (χ0n) is 16.0. The lowest BCUT2D eigenvalue weighted by atomic mass is 9.89. The Morgan fingerprint density at radius 2 is 1.79 bits per heavy atom. The number of carbonyl (C=O) groups is 2. The summed E-state index contributed by atoms with van der Waals surface area (Å²) in [5.74, 6) is 0.593. The summed E-state index contributed by atoms with van der Waals surface area (Å²) in [4.78, 5) is 25.7. The molecule has 0 radical (unpaired) electrons. The van der Waals surface area contributed by atoms with Crippen LogP contribution < -0.4 is 10.6 Å². The molecule has 2 N–H and O–H groups in total. The summed E-state index contributed by atoms with van der Waals surface area (Å²) in [7, 11) is 0. The fraction of sp³-hybridized carbons (Fsp3) is 0.364. The van der Waals surface area contributed by atoms with Gasteiger partial charge in [0, 0.05) is 16.5 Å². The van der Waals surface area contributed by atoms with E-state index in [0.717, 1.165) is 11.4 Å². The third-order valence-electron chi connectivity index (χ3n) is 4.98. The van der Waals surface area contributed by atoms with Gasteiger partial charge < -0.3 is 10.6 Å². The van der Waals surface area contributed by atoms with Gasteiger partial charge in [-0.2, -0.15) is 0 Å². The fourth-order valence-corrected chi connectivity index (χ4v) is 4.74. The standard InChI is InChI=1S/C22H24Cl2N2O2S/c23-16-10-11-19(18(24)12-16)26-22(28)17-8-4-5-9-20(17)29-14-21(27)25-13-15-6-2-1-3-7-15/h4-5,8-12,15H,1-3,6-7,13-14H2,(H,25,27)(H,26,28). The van der Waals surface area contributed by atoms with Gasteiger partial charge in [0.2, 0.25) is 5.91 Å². The average molecular weight is 451 g/mol. The van der Waals surface area contributed by atoms with Crippen LogP contribution in [0.15, 0.2) is 47.4 Å². The first-order chi connectivity index (χ1) is 14.0. The lowest BCUT2D eigenvalue weighted by molar-refractivity contribution is -0.118. The summed E-state index contributed by atoms with van der Waals surface area (Å²) in [6.07, 6.45) is 6.22. The van der Waals surface area contributed by atoms with E-state index in [9.17, 15) is 9.59 Å². The molecule has 0 bridgehead atoms. The quantitative estimate of drug-likeness (QED) is 0.505. The van der Waals surface area contributed by atoms with E-state index in [1.807, 2.05) is 12.1 Å². The smallest absolute Gasteiger partial charge is 0.256 e. The van der Waals surface area contributed by atoms with Crippen LogP contribution in [0.1, 0.15) is 42.5 Å². The first-order valence-electron chi connectivity index (χ1n) is 9.78. The molecule has 2 aromatic rings. The number of rotatable bonds is 7. The van der Waals surface area contributed by atoms with Gasteiger partial charge in [0.15, 0.2) is 0 Å². The molecule has 1 aliphatic carbocycles. The number of nitrogens with one attached hydrogen (secondary N) is 2. The molecule has 0 spiro atoms. The van der Waals surface area contributed by atoms with Crippen molar-refractivity contribution in [3.05, 3.63) is 58.1 Å². The second kappa shape index (κ2) is 10.9. The molecular formula is C22H24Cl2N2O2S. The van der Waals surface area contributed by atoms with Gasteiger partial charge in [0.1, 0.15) is 0 Å². The first kappa shape index (κ1) is 22.0. The number of hydrogen-bond acceptors (Lipinski definition) is 3. The van der Waals surface area contributed by atoms with Crippen LogP contribution in [0.25, 0.3) is 0 Å². The van der Waals surface area contributed by atoms with Crippen molar-refractivity contribution in [2.24, 2.45) is 5.92 Å². The number of amides is 2. The molecule has 2 aromatic carbocycles. The Morgan fingerprint density at radius 3 is 2.55 bits per heavy atom. The molecule has 4 nitrogen and oxygen atoms in total. The minimum Gasteiger partial charge on any atom is -0.355 e. The van der Waals surface area contributed by atoms with Gasteiger partial charge in [0.05, 0.1) is 22.0 Å². The van der Waals surface area contributed by atoms with Crippen LogP contribution in [-0.4, -0.2) is 24.1 Å². The van der Waals surface area contributed by atoms with Gasteiger partial charge in [0.25, 0.3) is 5.91 Å². The Kier molecular flexibility index (Phi) is 8.28. The molecule has 1 fully saturated rings. The van der Waals surface area contributed by atoms with Crippen molar-refractivity contribution in [2.45, 2.75) is 37.0 Å². The lowest BCUT2D eigenvalue weighted by Gasteiger charge is -2.21. The summed E-state index contributed by atoms with van der Waals surface area (Å²) in [5, 5.41) is 6.72. The Labute approximate surface area is 185 Å². The Morgan fingerprint density at radius 1 is 1.03 bits per heavy atom. The number of hydrogen-bond donors (Lipinski definition) is 2. The van der Waals surface area contributed by atoms with E-state index < -0.39 is 0 Å². The summed E-state index contributed by atoms with van der Waals surface area (Å²) >= 11 is 13.4. The van der Waals surface area contributed by atoms with Crippen LogP contribution in [0.2, 0.25) is 10.0 Å². The summed E-state index contributed by atoms with van der Waals surface area (Å²) in [6.45, 7) is 0.747. The molecule has 154 valence electrons. The molecule has 29 heavy (non-hydrogen) atoms. The largest absolute Gasteiger partial charge is 0.355 e. The van der Waals surface area contributed by atoms with Crippen molar-refractivity contribution in [1.82, 2.24) is 5.32 Å². The van der Waals surface area contributed by atoms with Gasteiger partial charge in [-0.25, -0.2) is 0 Å². The predicted octanol–water partition coefficient (Wildman–Crippen LogP) is 6.03.